The van der Waals surface area contributed by atoms with Gasteiger partial charge in [-0.1, -0.05) is 25.7 Å². The lowest BCUT2D eigenvalue weighted by molar-refractivity contribution is 0.0245. The number of amides is 1. The Hall–Kier alpha value is -1.63. The van der Waals surface area contributed by atoms with Crippen LogP contribution in [0.5, 0.6) is 0 Å². The summed E-state index contributed by atoms with van der Waals surface area (Å²) < 4.78 is 4.36. The zero-order valence-electron chi connectivity index (χ0n) is 10.2. The molecule has 0 bridgehead atoms. The Morgan fingerprint density at radius 3 is 2.56 bits per heavy atom. The van der Waals surface area contributed by atoms with Gasteiger partial charge in [0.25, 0.3) is 5.91 Å². The summed E-state index contributed by atoms with van der Waals surface area (Å²) in [7, 11) is 0. The summed E-state index contributed by atoms with van der Waals surface area (Å²) in [6.07, 6.45) is 5.66. The quantitative estimate of drug-likeness (QED) is 0.675. The molecule has 1 aliphatic carbocycles. The maximum atomic E-state index is 11.7. The van der Waals surface area contributed by atoms with Gasteiger partial charge >= 0.3 is 0 Å². The maximum Gasteiger partial charge on any atom is 0.277 e. The molecule has 1 saturated carbocycles. The molecule has 1 aromatic heterocycles. The minimum atomic E-state index is -0.821. The van der Waals surface area contributed by atoms with Crippen LogP contribution in [0.3, 0.4) is 0 Å². The third kappa shape index (κ3) is 2.98. The van der Waals surface area contributed by atoms with Crippen molar-refractivity contribution in [1.82, 2.24) is 15.6 Å². The molecule has 2 rings (SSSR count). The highest BCUT2D eigenvalue weighted by Crippen LogP contribution is 2.26. The van der Waals surface area contributed by atoms with E-state index in [1.54, 1.807) is 0 Å². The number of nitrogens with two attached hydrogens (primary N) is 1. The van der Waals surface area contributed by atoms with Crippen LogP contribution in [0.25, 0.3) is 0 Å². The van der Waals surface area contributed by atoms with Crippen LogP contribution in [0.1, 0.15) is 49.0 Å². The lowest BCUT2D eigenvalue weighted by atomic mass is 9.94. The van der Waals surface area contributed by atoms with Crippen molar-refractivity contribution in [3.05, 3.63) is 5.69 Å². The second-order valence-electron chi connectivity index (χ2n) is 4.82. The summed E-state index contributed by atoms with van der Waals surface area (Å²) in [5.41, 5.74) is 4.56. The van der Waals surface area contributed by atoms with Gasteiger partial charge in [0.15, 0.2) is 0 Å². The van der Waals surface area contributed by atoms with Crippen LogP contribution in [-0.2, 0) is 0 Å². The summed E-state index contributed by atoms with van der Waals surface area (Å²) >= 11 is 0. The fourth-order valence-corrected chi connectivity index (χ4v) is 2.24. The molecule has 100 valence electrons. The van der Waals surface area contributed by atoms with E-state index in [1.165, 1.54) is 0 Å². The van der Waals surface area contributed by atoms with Gasteiger partial charge in [0.05, 0.1) is 5.60 Å². The molecule has 18 heavy (non-hydrogen) atoms. The highest BCUT2D eigenvalue weighted by molar-refractivity contribution is 5.95. The Kier molecular flexibility index (Phi) is 3.81. The molecular formula is C11H18N4O3. The van der Waals surface area contributed by atoms with E-state index in [0.29, 0.717) is 12.8 Å². The van der Waals surface area contributed by atoms with Crippen LogP contribution in [0.15, 0.2) is 4.63 Å². The number of carbonyl (C=O) groups is 1. The number of nitrogens with one attached hydrogen (secondary N) is 1. The van der Waals surface area contributed by atoms with Gasteiger partial charge in [-0.05, 0) is 23.2 Å². The Bertz CT molecular complexity index is 410. The molecule has 1 aliphatic rings. The van der Waals surface area contributed by atoms with Gasteiger partial charge in [0, 0.05) is 6.54 Å². The molecule has 1 amide bonds. The molecule has 0 aromatic carbocycles. The average Bonchev–Trinajstić information content (AvgIpc) is 2.65. The normalized spacial score (nSPS) is 19.2. The summed E-state index contributed by atoms with van der Waals surface area (Å²) in [4.78, 5) is 11.7. The predicted molar refractivity (Wildman–Crippen MR) is 63.7 cm³/mol. The van der Waals surface area contributed by atoms with Gasteiger partial charge in [-0.15, -0.1) is 0 Å². The molecule has 0 saturated heterocycles. The number of aromatic nitrogens is 2. The van der Waals surface area contributed by atoms with E-state index in [1.807, 2.05) is 0 Å². The third-order valence-corrected chi connectivity index (χ3v) is 3.34. The van der Waals surface area contributed by atoms with Crippen molar-refractivity contribution in [2.24, 2.45) is 0 Å². The first-order chi connectivity index (χ1) is 8.61. The number of aliphatic hydroxyl groups is 1. The minimum absolute atomic E-state index is 0.0350. The van der Waals surface area contributed by atoms with Crippen molar-refractivity contribution in [1.29, 1.82) is 0 Å². The molecule has 7 nitrogen and oxygen atoms in total. The summed E-state index contributed by atoms with van der Waals surface area (Å²) in [5.74, 6) is -0.508. The molecule has 0 atom stereocenters. The van der Waals surface area contributed by atoms with E-state index in [0.717, 1.165) is 25.7 Å². The van der Waals surface area contributed by atoms with Crippen molar-refractivity contribution in [3.8, 4) is 0 Å². The largest absolute Gasteiger partial charge is 0.388 e. The van der Waals surface area contributed by atoms with E-state index in [2.05, 4.69) is 20.3 Å². The van der Waals surface area contributed by atoms with Gasteiger partial charge < -0.3 is 16.2 Å². The summed E-state index contributed by atoms with van der Waals surface area (Å²) in [5, 5.41) is 19.7. The van der Waals surface area contributed by atoms with E-state index in [4.69, 9.17) is 5.73 Å². The van der Waals surface area contributed by atoms with E-state index >= 15 is 0 Å². The molecule has 0 radical (unpaired) electrons. The van der Waals surface area contributed by atoms with E-state index in [-0.39, 0.29) is 18.1 Å². The number of carbonyl (C=O) groups excluding carboxylic acids is 1. The molecule has 0 unspecified atom stereocenters. The van der Waals surface area contributed by atoms with Crippen molar-refractivity contribution in [2.75, 3.05) is 12.3 Å². The summed E-state index contributed by atoms with van der Waals surface area (Å²) in [6.45, 7) is 0.206. The molecule has 1 fully saturated rings. The first-order valence-electron chi connectivity index (χ1n) is 6.19. The van der Waals surface area contributed by atoms with Gasteiger partial charge in [0.1, 0.15) is 0 Å². The average molecular weight is 254 g/mol. The van der Waals surface area contributed by atoms with Crippen molar-refractivity contribution in [3.63, 3.8) is 0 Å². The van der Waals surface area contributed by atoms with Gasteiger partial charge in [-0.3, -0.25) is 4.79 Å². The molecule has 0 aliphatic heterocycles. The maximum absolute atomic E-state index is 11.7. The standard InChI is InChI=1S/C11H18N4O3/c12-9-8(14-18-15-9)10(16)13-7-11(17)5-3-1-2-4-6-11/h17H,1-7H2,(H2,12,15)(H,13,16). The number of hydrogen-bond donors (Lipinski definition) is 3. The van der Waals surface area contributed by atoms with E-state index < -0.39 is 11.5 Å². The summed E-state index contributed by atoms with van der Waals surface area (Å²) in [6, 6.07) is 0. The Morgan fingerprint density at radius 1 is 1.33 bits per heavy atom. The number of nitrogens with zero attached hydrogens (tertiary/aromatic N) is 2. The topological polar surface area (TPSA) is 114 Å². The van der Waals surface area contributed by atoms with Crippen molar-refractivity contribution in [2.45, 2.75) is 44.1 Å². The fraction of sp³-hybridized carbons (Fsp3) is 0.727. The van der Waals surface area contributed by atoms with Crippen molar-refractivity contribution < 1.29 is 14.5 Å². The first-order valence-corrected chi connectivity index (χ1v) is 6.19. The number of anilines is 1. The molecular weight excluding hydrogens is 236 g/mol. The van der Waals surface area contributed by atoms with Gasteiger partial charge in [-0.25, -0.2) is 4.63 Å². The lowest BCUT2D eigenvalue weighted by Crippen LogP contribution is -2.42. The van der Waals surface area contributed by atoms with E-state index in [9.17, 15) is 9.90 Å². The zero-order chi connectivity index (χ0) is 13.0. The minimum Gasteiger partial charge on any atom is -0.388 e. The molecule has 0 spiro atoms. The SMILES string of the molecule is Nc1nonc1C(=O)NCC1(O)CCCCCC1. The fourth-order valence-electron chi connectivity index (χ4n) is 2.24. The first kappa shape index (κ1) is 12.8. The lowest BCUT2D eigenvalue weighted by Gasteiger charge is -2.26. The highest BCUT2D eigenvalue weighted by Gasteiger charge is 2.29. The Balaban J connectivity index is 1.90. The number of rotatable bonds is 3. The van der Waals surface area contributed by atoms with Crippen LogP contribution in [-0.4, -0.2) is 33.5 Å². The van der Waals surface area contributed by atoms with Gasteiger partial charge in [0.2, 0.25) is 11.5 Å². The Labute approximate surface area is 105 Å². The third-order valence-electron chi connectivity index (χ3n) is 3.34. The number of nitrogen functional groups attached to an aromatic ring is 1. The monoisotopic (exact) mass is 254 g/mol. The van der Waals surface area contributed by atoms with Crippen molar-refractivity contribution >= 4 is 11.7 Å². The van der Waals surface area contributed by atoms with Crippen LogP contribution < -0.4 is 11.1 Å². The second-order valence-corrected chi connectivity index (χ2v) is 4.82. The van der Waals surface area contributed by atoms with Crippen LogP contribution in [0.2, 0.25) is 0 Å². The predicted octanol–water partition coefficient (Wildman–Crippen LogP) is 0.467. The smallest absolute Gasteiger partial charge is 0.277 e. The number of hydrogen-bond acceptors (Lipinski definition) is 6. The molecule has 7 heteroatoms. The zero-order valence-corrected chi connectivity index (χ0v) is 10.2. The van der Waals surface area contributed by atoms with Gasteiger partial charge in [-0.2, -0.15) is 0 Å². The van der Waals surface area contributed by atoms with Crippen LogP contribution >= 0.6 is 0 Å². The van der Waals surface area contributed by atoms with Crippen LogP contribution in [0.4, 0.5) is 5.82 Å². The molecule has 1 heterocycles. The highest BCUT2D eigenvalue weighted by atomic mass is 16.6. The second kappa shape index (κ2) is 5.34. The molecule has 1 aromatic rings. The molecule has 4 N–H and O–H groups in total. The Morgan fingerprint density at radius 2 is 2.00 bits per heavy atom. The van der Waals surface area contributed by atoms with Crippen LogP contribution in [0, 0.1) is 0 Å².